The molecule has 0 unspecified atom stereocenters. The maximum absolute atomic E-state index is 15.5. The van der Waals surface area contributed by atoms with Crippen LogP contribution in [0.4, 0.5) is 17.6 Å². The number of aromatic nitrogens is 3. The lowest BCUT2D eigenvalue weighted by Crippen LogP contribution is -2.40. The molecule has 0 bridgehead atoms. The molecule has 0 saturated carbocycles. The molecule has 2 aromatic carbocycles. The van der Waals surface area contributed by atoms with Gasteiger partial charge in [0.15, 0.2) is 23.5 Å². The summed E-state index contributed by atoms with van der Waals surface area (Å²) in [5.74, 6) is -2.58. The largest absolute Gasteiger partial charge is 0.573 e. The highest BCUT2D eigenvalue weighted by atomic mass is 19.4. The predicted octanol–water partition coefficient (Wildman–Crippen LogP) is 2.96. The standard InChI is InChI=1S/C32H40F4N10O4/c1-48-17-21(37)4-2-3-19-11-24(27(33)26(12-19)50-32(34,35)36)25-13-20-15-46(31(47)45-28(20)44-25)22-7-5-18(6-8-22)16-49-23(14-43-30(40)41)9-10-42-29(38)39/h5-8,11-13,15,21,23H,2-4,9-10,14,16-17,37H2,1H3,(H4,38,39,42)(H4,40,41,43)(H,44,45,47)/t21-,23-/m1/s1. The first-order valence-electron chi connectivity index (χ1n) is 15.5. The topological polar surface area (TPSA) is 228 Å². The van der Waals surface area contributed by atoms with Crippen molar-refractivity contribution >= 4 is 23.0 Å². The SMILES string of the molecule is COC[C@H](N)CCCc1cc(OC(F)(F)F)c(F)c(-c2cc3cn(-c4ccc(CO[C@H](CCNC(=N)N)CNC(=N)N)cc4)c(=O)nc3[nH]2)c1. The van der Waals surface area contributed by atoms with Gasteiger partial charge in [-0.05, 0) is 67.1 Å². The lowest BCUT2D eigenvalue weighted by molar-refractivity contribution is -0.275. The molecule has 11 N–H and O–H groups in total. The number of methoxy groups -OCH3 is 1. The van der Waals surface area contributed by atoms with Crippen LogP contribution >= 0.6 is 0 Å². The Labute approximate surface area is 284 Å². The predicted molar refractivity (Wildman–Crippen MR) is 180 cm³/mol. The molecule has 4 rings (SSSR count). The van der Waals surface area contributed by atoms with Gasteiger partial charge in [0.2, 0.25) is 0 Å². The molecule has 18 heteroatoms. The number of nitrogens with two attached hydrogens (primary N) is 3. The lowest BCUT2D eigenvalue weighted by atomic mass is 10.0. The van der Waals surface area contributed by atoms with Crippen LogP contribution in [0.5, 0.6) is 5.75 Å². The van der Waals surface area contributed by atoms with Crippen LogP contribution in [0.1, 0.15) is 30.4 Å². The van der Waals surface area contributed by atoms with Gasteiger partial charge in [0.05, 0.1) is 30.7 Å². The van der Waals surface area contributed by atoms with E-state index in [0.717, 1.165) is 11.6 Å². The van der Waals surface area contributed by atoms with E-state index in [1.165, 1.54) is 30.0 Å². The number of hydrogen-bond donors (Lipinski definition) is 8. The number of fused-ring (bicyclic) bond motifs is 1. The van der Waals surface area contributed by atoms with Crippen molar-refractivity contribution in [1.82, 2.24) is 25.2 Å². The molecule has 0 aliphatic heterocycles. The number of halogens is 4. The number of nitrogens with one attached hydrogen (secondary N) is 5. The number of aryl methyl sites for hydroxylation is 1. The van der Waals surface area contributed by atoms with Crippen molar-refractivity contribution in [2.45, 2.75) is 50.8 Å². The summed E-state index contributed by atoms with van der Waals surface area (Å²) in [5, 5.41) is 20.5. The third kappa shape index (κ3) is 10.9. The fourth-order valence-electron chi connectivity index (χ4n) is 5.19. The molecule has 0 aliphatic carbocycles. The summed E-state index contributed by atoms with van der Waals surface area (Å²) in [6.07, 6.45) is -2.16. The zero-order chi connectivity index (χ0) is 36.4. The molecule has 2 atom stereocenters. The highest BCUT2D eigenvalue weighted by Gasteiger charge is 2.33. The highest BCUT2D eigenvalue weighted by molar-refractivity contribution is 5.83. The molecule has 0 fully saturated rings. The molecule has 0 spiro atoms. The van der Waals surface area contributed by atoms with E-state index >= 15 is 4.39 Å². The zero-order valence-corrected chi connectivity index (χ0v) is 27.2. The zero-order valence-electron chi connectivity index (χ0n) is 27.2. The first-order valence-corrected chi connectivity index (χ1v) is 15.5. The average Bonchev–Trinajstić information content (AvgIpc) is 3.45. The van der Waals surface area contributed by atoms with Gasteiger partial charge in [-0.15, -0.1) is 13.2 Å². The van der Waals surface area contributed by atoms with Crippen LogP contribution in [-0.2, 0) is 22.5 Å². The Hall–Kier alpha value is -5.20. The van der Waals surface area contributed by atoms with Crippen LogP contribution in [0.2, 0.25) is 0 Å². The molecule has 2 heterocycles. The second-order valence-corrected chi connectivity index (χ2v) is 11.5. The number of alkyl halides is 3. The molecule has 0 aliphatic rings. The van der Waals surface area contributed by atoms with Gasteiger partial charge in [0, 0.05) is 43.4 Å². The number of hydrogen-bond acceptors (Lipinski definition) is 8. The Morgan fingerprint density at radius 1 is 1.06 bits per heavy atom. The molecule has 4 aromatic rings. The minimum Gasteiger partial charge on any atom is -0.403 e. The number of guanidine groups is 2. The number of ether oxygens (including phenoxy) is 3. The molecule has 0 radical (unpaired) electrons. The molecule has 270 valence electrons. The summed E-state index contributed by atoms with van der Waals surface area (Å²) < 4.78 is 71.3. The molecule has 0 amide bonds. The van der Waals surface area contributed by atoms with Gasteiger partial charge in [-0.25, -0.2) is 9.18 Å². The third-order valence-corrected chi connectivity index (χ3v) is 7.55. The van der Waals surface area contributed by atoms with Crippen molar-refractivity contribution < 1.29 is 31.8 Å². The molecule has 50 heavy (non-hydrogen) atoms. The fraction of sp³-hybridized carbons (Fsp3) is 0.375. The molecular formula is C32H40F4N10O4. The summed E-state index contributed by atoms with van der Waals surface area (Å²) in [7, 11) is 1.51. The van der Waals surface area contributed by atoms with Crippen LogP contribution in [0.25, 0.3) is 28.0 Å². The van der Waals surface area contributed by atoms with E-state index in [1.807, 2.05) is 0 Å². The summed E-state index contributed by atoms with van der Waals surface area (Å²) in [5.41, 5.74) is 17.7. The van der Waals surface area contributed by atoms with Crippen molar-refractivity contribution in [3.63, 3.8) is 0 Å². The van der Waals surface area contributed by atoms with Crippen LogP contribution < -0.4 is 38.3 Å². The van der Waals surface area contributed by atoms with Gasteiger partial charge in [-0.2, -0.15) is 4.98 Å². The summed E-state index contributed by atoms with van der Waals surface area (Å²) in [6.45, 7) is 1.16. The van der Waals surface area contributed by atoms with E-state index in [2.05, 4.69) is 25.3 Å². The molecule has 2 aromatic heterocycles. The second kappa shape index (κ2) is 17.0. The Bertz CT molecular complexity index is 1830. The van der Waals surface area contributed by atoms with E-state index in [0.29, 0.717) is 55.5 Å². The maximum Gasteiger partial charge on any atom is 0.573 e. The van der Waals surface area contributed by atoms with Crippen molar-refractivity contribution in [1.29, 1.82) is 10.8 Å². The number of aromatic amines is 1. The van der Waals surface area contributed by atoms with Crippen molar-refractivity contribution in [3.05, 3.63) is 76.1 Å². The summed E-state index contributed by atoms with van der Waals surface area (Å²) in [6, 6.07) is 10.6. The number of benzene rings is 2. The Morgan fingerprint density at radius 3 is 2.44 bits per heavy atom. The van der Waals surface area contributed by atoms with Crippen molar-refractivity contribution in [2.24, 2.45) is 17.2 Å². The average molecular weight is 705 g/mol. The third-order valence-electron chi connectivity index (χ3n) is 7.55. The fourth-order valence-corrected chi connectivity index (χ4v) is 5.19. The van der Waals surface area contributed by atoms with Gasteiger partial charge in [-0.3, -0.25) is 15.4 Å². The number of H-pyrrole nitrogens is 1. The Kier molecular flexibility index (Phi) is 12.8. The van der Waals surface area contributed by atoms with Gasteiger partial charge in [-0.1, -0.05) is 12.1 Å². The minimum atomic E-state index is -5.12. The Morgan fingerprint density at radius 2 is 1.78 bits per heavy atom. The normalized spacial score (nSPS) is 12.8. The van der Waals surface area contributed by atoms with Gasteiger partial charge in [0.1, 0.15) is 5.65 Å². The molecular weight excluding hydrogens is 664 g/mol. The van der Waals surface area contributed by atoms with Crippen LogP contribution in [-0.4, -0.2) is 71.8 Å². The minimum absolute atomic E-state index is 0.104. The van der Waals surface area contributed by atoms with Crippen LogP contribution in [0, 0.1) is 16.6 Å². The van der Waals surface area contributed by atoms with Crippen LogP contribution in [0.15, 0.2) is 53.5 Å². The van der Waals surface area contributed by atoms with E-state index in [4.69, 9.17) is 37.5 Å². The quantitative estimate of drug-likeness (QED) is 0.0455. The first kappa shape index (κ1) is 37.6. The lowest BCUT2D eigenvalue weighted by Gasteiger charge is -2.19. The van der Waals surface area contributed by atoms with Gasteiger partial charge < -0.3 is 47.0 Å². The van der Waals surface area contributed by atoms with Crippen molar-refractivity contribution in [2.75, 3.05) is 26.8 Å². The van der Waals surface area contributed by atoms with E-state index in [-0.39, 0.29) is 54.1 Å². The number of nitrogens with zero attached hydrogens (tertiary/aromatic N) is 2. The van der Waals surface area contributed by atoms with E-state index < -0.39 is 23.6 Å². The highest BCUT2D eigenvalue weighted by Crippen LogP contribution is 2.35. The first-order chi connectivity index (χ1) is 23.7. The monoisotopic (exact) mass is 704 g/mol. The second-order valence-electron chi connectivity index (χ2n) is 11.5. The molecule has 14 nitrogen and oxygen atoms in total. The summed E-state index contributed by atoms with van der Waals surface area (Å²) in [4.78, 5) is 19.9. The van der Waals surface area contributed by atoms with Gasteiger partial charge in [0.25, 0.3) is 0 Å². The Balaban J connectivity index is 1.55. The number of rotatable bonds is 17. The van der Waals surface area contributed by atoms with Crippen LogP contribution in [0.3, 0.4) is 0 Å². The maximum atomic E-state index is 15.5. The smallest absolute Gasteiger partial charge is 0.403 e. The van der Waals surface area contributed by atoms with Gasteiger partial charge >= 0.3 is 12.1 Å². The molecule has 0 saturated heterocycles. The summed E-state index contributed by atoms with van der Waals surface area (Å²) >= 11 is 0. The van der Waals surface area contributed by atoms with E-state index in [9.17, 15) is 18.0 Å². The van der Waals surface area contributed by atoms with Crippen molar-refractivity contribution in [3.8, 4) is 22.7 Å². The van der Waals surface area contributed by atoms with E-state index in [1.54, 1.807) is 24.3 Å².